The van der Waals surface area contributed by atoms with Gasteiger partial charge in [0.1, 0.15) is 5.82 Å². The lowest BCUT2D eigenvalue weighted by molar-refractivity contribution is -0.166. The number of aromatic nitrogens is 2. The Morgan fingerprint density at radius 3 is 2.53 bits per heavy atom. The number of nitrogens with one attached hydrogen (secondary N) is 1. The Kier molecular flexibility index (Phi) is 8.81. The van der Waals surface area contributed by atoms with Crippen molar-refractivity contribution in [1.29, 1.82) is 0 Å². The van der Waals surface area contributed by atoms with E-state index in [9.17, 15) is 19.1 Å². The first kappa shape index (κ1) is 27.3. The van der Waals surface area contributed by atoms with Gasteiger partial charge in [-0.05, 0) is 62.6 Å². The van der Waals surface area contributed by atoms with Crippen molar-refractivity contribution in [3.05, 3.63) is 99.4 Å². The molecule has 0 radical (unpaired) electrons. The number of aliphatic hydroxyl groups is 1. The summed E-state index contributed by atoms with van der Waals surface area (Å²) < 4.78 is 28.6. The quantitative estimate of drug-likeness (QED) is 0.423. The molecule has 1 aliphatic rings. The fourth-order valence-electron chi connectivity index (χ4n) is 4.94. The molecule has 4 rings (SSSR count). The largest absolute Gasteiger partial charge is 0.459 e. The van der Waals surface area contributed by atoms with Crippen LogP contribution in [0.15, 0.2) is 71.2 Å². The van der Waals surface area contributed by atoms with Gasteiger partial charge in [0.05, 0.1) is 5.69 Å². The molecule has 8 nitrogen and oxygen atoms in total. The summed E-state index contributed by atoms with van der Waals surface area (Å²) in [4.78, 5) is 27.0. The van der Waals surface area contributed by atoms with Crippen molar-refractivity contribution in [2.24, 2.45) is 13.0 Å². The molecule has 38 heavy (non-hydrogen) atoms. The first-order valence-electron chi connectivity index (χ1n) is 12.8. The average molecular weight is 524 g/mol. The maximum absolute atomic E-state index is 13.9. The first-order chi connectivity index (χ1) is 18.3. The van der Waals surface area contributed by atoms with Gasteiger partial charge >= 0.3 is 0 Å². The Bertz CT molecular complexity index is 1330. The van der Waals surface area contributed by atoms with E-state index in [0.717, 1.165) is 16.9 Å². The number of rotatable bonds is 10. The molecule has 1 amide bonds. The van der Waals surface area contributed by atoms with Gasteiger partial charge in [-0.3, -0.25) is 14.3 Å². The summed E-state index contributed by atoms with van der Waals surface area (Å²) in [5.41, 5.74) is 2.60. The van der Waals surface area contributed by atoms with Gasteiger partial charge in [-0.2, -0.15) is 0 Å². The Morgan fingerprint density at radius 2 is 1.87 bits per heavy atom. The molecule has 0 unspecified atom stereocenters. The SMILES string of the molecule is CCO[C@H]1OC(C(=O)NCc2ccc(F)cc2)=C[C@@H](c2c(C)n(C)n(-c3ccccc3)c2=O)[C@H]1CCCO. The fraction of sp³-hybridized carbons (Fsp3) is 0.379. The number of nitrogens with zero attached hydrogens (tertiary/aromatic N) is 2. The molecular formula is C29H34FN3O5. The minimum absolute atomic E-state index is 0.0151. The highest BCUT2D eigenvalue weighted by atomic mass is 19.1. The predicted molar refractivity (Wildman–Crippen MR) is 141 cm³/mol. The van der Waals surface area contributed by atoms with Gasteiger partial charge < -0.3 is 19.9 Å². The summed E-state index contributed by atoms with van der Waals surface area (Å²) in [5.74, 6) is -1.53. The van der Waals surface area contributed by atoms with Crippen LogP contribution in [0.1, 0.15) is 42.5 Å². The van der Waals surface area contributed by atoms with E-state index < -0.39 is 18.1 Å². The molecule has 0 bridgehead atoms. The number of amides is 1. The van der Waals surface area contributed by atoms with E-state index in [2.05, 4.69) is 5.32 Å². The number of halogens is 1. The second-order valence-corrected chi connectivity index (χ2v) is 9.31. The zero-order valence-corrected chi connectivity index (χ0v) is 21.9. The molecule has 3 aromatic rings. The first-order valence-corrected chi connectivity index (χ1v) is 12.8. The van der Waals surface area contributed by atoms with E-state index in [4.69, 9.17) is 9.47 Å². The van der Waals surface area contributed by atoms with Gasteiger partial charge in [0.2, 0.25) is 6.29 Å². The van der Waals surface area contributed by atoms with Crippen LogP contribution in [0.4, 0.5) is 4.39 Å². The van der Waals surface area contributed by atoms with Crippen LogP contribution in [0.25, 0.3) is 5.69 Å². The number of carbonyl (C=O) groups excluding carboxylic acids is 1. The monoisotopic (exact) mass is 523 g/mol. The number of hydrogen-bond donors (Lipinski definition) is 2. The van der Waals surface area contributed by atoms with E-state index >= 15 is 0 Å². The second-order valence-electron chi connectivity index (χ2n) is 9.31. The normalized spacial score (nSPS) is 19.1. The van der Waals surface area contributed by atoms with Crippen LogP contribution in [-0.4, -0.2) is 39.9 Å². The molecule has 2 aromatic carbocycles. The Balaban J connectivity index is 1.74. The maximum Gasteiger partial charge on any atom is 0.286 e. The molecular weight excluding hydrogens is 489 g/mol. The molecule has 2 N–H and O–H groups in total. The molecule has 0 spiro atoms. The van der Waals surface area contributed by atoms with Crippen molar-refractivity contribution in [2.45, 2.75) is 45.4 Å². The van der Waals surface area contributed by atoms with E-state index in [1.165, 1.54) is 12.1 Å². The molecule has 202 valence electrons. The van der Waals surface area contributed by atoms with Crippen LogP contribution >= 0.6 is 0 Å². The maximum atomic E-state index is 13.9. The summed E-state index contributed by atoms with van der Waals surface area (Å²) in [6.45, 7) is 4.23. The summed E-state index contributed by atoms with van der Waals surface area (Å²) in [7, 11) is 1.83. The molecule has 0 saturated heterocycles. The second kappa shape index (κ2) is 12.2. The van der Waals surface area contributed by atoms with E-state index in [0.29, 0.717) is 25.0 Å². The molecule has 1 aliphatic heterocycles. The van der Waals surface area contributed by atoms with Crippen molar-refractivity contribution in [1.82, 2.24) is 14.7 Å². The molecule has 0 saturated carbocycles. The standard InChI is InChI=1S/C29H34FN3O5/c1-4-37-29-23(11-8-16-34)24(17-25(38-29)27(35)31-18-20-12-14-21(30)15-13-20)26-19(2)32(3)33(28(26)36)22-9-6-5-7-10-22/h5-7,9-10,12-15,17,23-24,29,34H,4,8,11,16,18H2,1-3H3,(H,31,35)/t23-,24-,29+/m1/s1. The predicted octanol–water partition coefficient (Wildman–Crippen LogP) is 3.69. The minimum Gasteiger partial charge on any atom is -0.459 e. The highest BCUT2D eigenvalue weighted by Crippen LogP contribution is 2.39. The summed E-state index contributed by atoms with van der Waals surface area (Å²) >= 11 is 0. The van der Waals surface area contributed by atoms with E-state index in [-0.39, 0.29) is 36.2 Å². The van der Waals surface area contributed by atoms with E-state index in [1.807, 2.05) is 55.9 Å². The lowest BCUT2D eigenvalue weighted by atomic mass is 9.80. The van der Waals surface area contributed by atoms with Gasteiger partial charge in [0.15, 0.2) is 5.76 Å². The lowest BCUT2D eigenvalue weighted by Crippen LogP contribution is -2.40. The summed E-state index contributed by atoms with van der Waals surface area (Å²) in [5, 5.41) is 12.4. The molecule has 1 aromatic heterocycles. The van der Waals surface area contributed by atoms with Crippen LogP contribution in [0.2, 0.25) is 0 Å². The third-order valence-corrected chi connectivity index (χ3v) is 6.93. The van der Waals surface area contributed by atoms with Crippen molar-refractivity contribution in [3.8, 4) is 5.69 Å². The number of benzene rings is 2. The number of hydrogen-bond acceptors (Lipinski definition) is 5. The topological polar surface area (TPSA) is 94.7 Å². The summed E-state index contributed by atoms with van der Waals surface area (Å²) in [6.07, 6.45) is 1.94. The Hall–Kier alpha value is -3.69. The number of allylic oxidation sites excluding steroid dienone is 1. The zero-order valence-electron chi connectivity index (χ0n) is 21.9. The van der Waals surface area contributed by atoms with Crippen molar-refractivity contribution >= 4 is 5.91 Å². The number of ether oxygens (including phenoxy) is 2. The van der Waals surface area contributed by atoms with Crippen molar-refractivity contribution < 1.29 is 23.8 Å². The van der Waals surface area contributed by atoms with Crippen molar-refractivity contribution in [3.63, 3.8) is 0 Å². The van der Waals surface area contributed by atoms with Crippen LogP contribution < -0.4 is 10.9 Å². The van der Waals surface area contributed by atoms with Crippen LogP contribution in [0.5, 0.6) is 0 Å². The number of carbonyl (C=O) groups is 1. The third-order valence-electron chi connectivity index (χ3n) is 6.93. The average Bonchev–Trinajstić information content (AvgIpc) is 3.15. The van der Waals surface area contributed by atoms with Crippen LogP contribution in [0.3, 0.4) is 0 Å². The highest BCUT2D eigenvalue weighted by molar-refractivity contribution is 5.91. The van der Waals surface area contributed by atoms with Gasteiger partial charge in [-0.25, -0.2) is 9.07 Å². The minimum atomic E-state index is -0.780. The van der Waals surface area contributed by atoms with Gasteiger partial charge in [-0.15, -0.1) is 0 Å². The summed E-state index contributed by atoms with van der Waals surface area (Å²) in [6, 6.07) is 15.2. The van der Waals surface area contributed by atoms with Gasteiger partial charge in [-0.1, -0.05) is 30.3 Å². The zero-order chi connectivity index (χ0) is 27.2. The van der Waals surface area contributed by atoms with Crippen LogP contribution in [0, 0.1) is 18.7 Å². The van der Waals surface area contributed by atoms with E-state index in [1.54, 1.807) is 22.9 Å². The van der Waals surface area contributed by atoms with Crippen molar-refractivity contribution in [2.75, 3.05) is 13.2 Å². The molecule has 2 heterocycles. The fourth-order valence-corrected chi connectivity index (χ4v) is 4.94. The highest BCUT2D eigenvalue weighted by Gasteiger charge is 2.40. The Morgan fingerprint density at radius 1 is 1.16 bits per heavy atom. The van der Waals surface area contributed by atoms with Crippen LogP contribution in [-0.2, 0) is 27.9 Å². The van der Waals surface area contributed by atoms with Gasteiger partial charge in [0, 0.05) is 49.9 Å². The molecule has 3 atom stereocenters. The molecule has 0 fully saturated rings. The Labute approximate surface area is 221 Å². The molecule has 9 heteroatoms. The molecule has 0 aliphatic carbocycles. The number of aliphatic hydroxyl groups excluding tert-OH is 1. The van der Waals surface area contributed by atoms with Gasteiger partial charge in [0.25, 0.3) is 11.5 Å². The lowest BCUT2D eigenvalue weighted by Gasteiger charge is -2.36. The number of para-hydroxylation sites is 1. The smallest absolute Gasteiger partial charge is 0.286 e. The third kappa shape index (κ3) is 5.74.